The summed E-state index contributed by atoms with van der Waals surface area (Å²) in [6, 6.07) is 5.39. The second kappa shape index (κ2) is 11.9. The molecule has 2 nitrogen and oxygen atoms in total. The number of benzene rings is 3. The van der Waals surface area contributed by atoms with Crippen LogP contribution >= 0.6 is 0 Å². The van der Waals surface area contributed by atoms with Crippen molar-refractivity contribution in [1.29, 1.82) is 0 Å². The first-order chi connectivity index (χ1) is 19.9. The lowest BCUT2D eigenvalue weighted by Crippen LogP contribution is -2.41. The van der Waals surface area contributed by atoms with E-state index in [0.717, 1.165) is 0 Å². The van der Waals surface area contributed by atoms with Gasteiger partial charge in [0.15, 0.2) is 29.0 Å². The Hall–Kier alpha value is -3.11. The third kappa shape index (κ3) is 5.88. The van der Waals surface area contributed by atoms with Crippen molar-refractivity contribution in [2.24, 2.45) is 17.8 Å². The first-order valence-corrected chi connectivity index (χ1v) is 14.0. The molecule has 0 aliphatic heterocycles. The van der Waals surface area contributed by atoms with Gasteiger partial charge in [-0.25, -0.2) is 22.0 Å². The van der Waals surface area contributed by atoms with Gasteiger partial charge in [0.1, 0.15) is 11.6 Å². The maximum atomic E-state index is 15.6. The lowest BCUT2D eigenvalue weighted by atomic mass is 9.63. The molecule has 4 atom stereocenters. The Morgan fingerprint density at radius 1 is 0.833 bits per heavy atom. The van der Waals surface area contributed by atoms with Gasteiger partial charge in [0.05, 0.1) is 11.3 Å². The first kappa shape index (κ1) is 30.4. The maximum Gasteiger partial charge on any atom is 0.400 e. The van der Waals surface area contributed by atoms with Gasteiger partial charge in [-0.15, -0.1) is 0 Å². The van der Waals surface area contributed by atoms with Gasteiger partial charge in [0.2, 0.25) is 0 Å². The summed E-state index contributed by atoms with van der Waals surface area (Å²) in [5.74, 6) is -10.2. The number of alkyl halides is 4. The molecule has 11 heteroatoms. The molecule has 4 unspecified atom stereocenters. The van der Waals surface area contributed by atoms with Crippen LogP contribution in [0.1, 0.15) is 68.9 Å². The van der Waals surface area contributed by atoms with E-state index in [1.165, 1.54) is 6.07 Å². The number of hydrogen-bond donors (Lipinski definition) is 0. The zero-order valence-electron chi connectivity index (χ0n) is 22.6. The number of rotatable bonds is 8. The molecule has 0 bridgehead atoms. The summed E-state index contributed by atoms with van der Waals surface area (Å²) in [7, 11) is 0. The van der Waals surface area contributed by atoms with E-state index in [2.05, 4.69) is 9.47 Å². The molecule has 0 saturated heterocycles. The summed E-state index contributed by atoms with van der Waals surface area (Å²) in [5, 5.41) is -0.0971. The van der Waals surface area contributed by atoms with E-state index in [1.807, 2.05) is 6.92 Å². The lowest BCUT2D eigenvalue weighted by molar-refractivity contribution is -0.228. The highest BCUT2D eigenvalue weighted by molar-refractivity contribution is 5.85. The average Bonchev–Trinajstić information content (AvgIpc) is 2.93. The van der Waals surface area contributed by atoms with E-state index >= 15 is 13.2 Å². The van der Waals surface area contributed by atoms with Crippen molar-refractivity contribution in [3.63, 3.8) is 0 Å². The van der Waals surface area contributed by atoms with Crippen LogP contribution in [0.5, 0.6) is 11.5 Å². The van der Waals surface area contributed by atoms with E-state index < -0.39 is 59.2 Å². The second-order valence-corrected chi connectivity index (χ2v) is 11.3. The Labute approximate surface area is 236 Å². The van der Waals surface area contributed by atoms with Crippen molar-refractivity contribution in [1.82, 2.24) is 0 Å². The zero-order valence-corrected chi connectivity index (χ0v) is 22.6. The Balaban J connectivity index is 1.27. The summed E-state index contributed by atoms with van der Waals surface area (Å²) in [4.78, 5) is 0. The van der Waals surface area contributed by atoms with Gasteiger partial charge < -0.3 is 9.47 Å². The van der Waals surface area contributed by atoms with Gasteiger partial charge in [-0.1, -0.05) is 25.5 Å². The van der Waals surface area contributed by atoms with Gasteiger partial charge in [-0.3, -0.25) is 0 Å². The fourth-order valence-corrected chi connectivity index (χ4v) is 6.73. The standard InChI is InChI=1S/C31H29F9O2/c1-2-3-19-11-18-7-9-22(27(35)25(18)28(36)26(19)34)17-5-4-16-12-20(8-6-15(16)10-17)31(39,40)42-21-13-23(32)29(24(33)14-21)41-30(37)38/h7,9,11,13-17,20,30H,2-6,8,10,12H2,1H3. The highest BCUT2D eigenvalue weighted by Gasteiger charge is 2.48. The largest absolute Gasteiger partial charge is 0.432 e. The molecule has 0 N–H and O–H groups in total. The SMILES string of the molecule is CCCc1cc2ccc(C3CCC4CC(C(F)(F)Oc5cc(F)c(OC(F)F)c(F)c5)CCC4C3)c(F)c2c(F)c1F. The Bertz CT molecular complexity index is 1440. The van der Waals surface area contributed by atoms with Gasteiger partial charge in [0.25, 0.3) is 0 Å². The number of ether oxygens (including phenoxy) is 2. The minimum Gasteiger partial charge on any atom is -0.432 e. The average molecular weight is 605 g/mol. The molecule has 0 heterocycles. The van der Waals surface area contributed by atoms with E-state index in [-0.39, 0.29) is 52.5 Å². The fourth-order valence-electron chi connectivity index (χ4n) is 6.73. The summed E-state index contributed by atoms with van der Waals surface area (Å²) >= 11 is 0. The molecule has 0 radical (unpaired) electrons. The van der Waals surface area contributed by atoms with Crippen LogP contribution in [0.15, 0.2) is 30.3 Å². The van der Waals surface area contributed by atoms with Crippen LogP contribution in [0, 0.1) is 46.8 Å². The minimum absolute atomic E-state index is 0.0138. The van der Waals surface area contributed by atoms with E-state index in [9.17, 15) is 26.3 Å². The Morgan fingerprint density at radius 2 is 1.50 bits per heavy atom. The lowest BCUT2D eigenvalue weighted by Gasteiger charge is -2.43. The molecule has 42 heavy (non-hydrogen) atoms. The molecule has 2 saturated carbocycles. The molecule has 2 fully saturated rings. The highest BCUT2D eigenvalue weighted by atomic mass is 19.3. The van der Waals surface area contributed by atoms with Crippen molar-refractivity contribution < 1.29 is 49.0 Å². The van der Waals surface area contributed by atoms with Crippen molar-refractivity contribution in [3.8, 4) is 11.5 Å². The predicted octanol–water partition coefficient (Wildman–Crippen LogP) is 10.1. The summed E-state index contributed by atoms with van der Waals surface area (Å²) in [6.45, 7) is -1.67. The Kier molecular flexibility index (Phi) is 8.58. The number of hydrogen-bond acceptors (Lipinski definition) is 2. The molecule has 0 aromatic heterocycles. The molecule has 5 rings (SSSR count). The quantitative estimate of drug-likeness (QED) is 0.238. The molecule has 0 amide bonds. The molecule has 228 valence electrons. The minimum atomic E-state index is -3.80. The van der Waals surface area contributed by atoms with Crippen LogP contribution in [0.4, 0.5) is 39.5 Å². The van der Waals surface area contributed by atoms with Crippen LogP contribution in [0.25, 0.3) is 10.8 Å². The number of fused-ring (bicyclic) bond motifs is 2. The van der Waals surface area contributed by atoms with Crippen molar-refractivity contribution in [2.75, 3.05) is 0 Å². The topological polar surface area (TPSA) is 18.5 Å². The summed E-state index contributed by atoms with van der Waals surface area (Å²) in [6.07, 6.45) is -0.962. The summed E-state index contributed by atoms with van der Waals surface area (Å²) in [5.41, 5.74) is 0.474. The second-order valence-electron chi connectivity index (χ2n) is 11.3. The molecule has 0 spiro atoms. The molecular weight excluding hydrogens is 575 g/mol. The number of halogens is 9. The molecular formula is C31H29F9O2. The van der Waals surface area contributed by atoms with Crippen LogP contribution in [-0.4, -0.2) is 12.7 Å². The van der Waals surface area contributed by atoms with Crippen molar-refractivity contribution >= 4 is 10.8 Å². The first-order valence-electron chi connectivity index (χ1n) is 14.0. The number of aryl methyl sites for hydroxylation is 1. The smallest absolute Gasteiger partial charge is 0.400 e. The normalized spacial score (nSPS) is 22.8. The zero-order chi connectivity index (χ0) is 30.3. The highest BCUT2D eigenvalue weighted by Crippen LogP contribution is 2.51. The van der Waals surface area contributed by atoms with E-state index in [1.54, 1.807) is 12.1 Å². The van der Waals surface area contributed by atoms with Crippen molar-refractivity contribution in [3.05, 3.63) is 70.5 Å². The predicted molar refractivity (Wildman–Crippen MR) is 137 cm³/mol. The van der Waals surface area contributed by atoms with E-state index in [0.29, 0.717) is 50.7 Å². The van der Waals surface area contributed by atoms with Gasteiger partial charge >= 0.3 is 12.7 Å². The third-order valence-electron chi connectivity index (χ3n) is 8.71. The Morgan fingerprint density at radius 3 is 2.17 bits per heavy atom. The molecule has 2 aliphatic rings. The maximum absolute atomic E-state index is 15.6. The third-order valence-corrected chi connectivity index (χ3v) is 8.71. The van der Waals surface area contributed by atoms with Gasteiger partial charge in [-0.05, 0) is 85.3 Å². The van der Waals surface area contributed by atoms with Crippen LogP contribution in [0.3, 0.4) is 0 Å². The van der Waals surface area contributed by atoms with Gasteiger partial charge in [0, 0.05) is 12.1 Å². The van der Waals surface area contributed by atoms with E-state index in [4.69, 9.17) is 0 Å². The van der Waals surface area contributed by atoms with Crippen LogP contribution in [0.2, 0.25) is 0 Å². The monoisotopic (exact) mass is 604 g/mol. The molecule has 3 aromatic carbocycles. The fraction of sp³-hybridized carbons (Fsp3) is 0.484. The molecule has 2 aliphatic carbocycles. The van der Waals surface area contributed by atoms with Crippen LogP contribution in [-0.2, 0) is 6.42 Å². The molecule has 3 aromatic rings. The van der Waals surface area contributed by atoms with Crippen molar-refractivity contribution in [2.45, 2.75) is 76.9 Å². The van der Waals surface area contributed by atoms with Crippen LogP contribution < -0.4 is 9.47 Å². The van der Waals surface area contributed by atoms with Gasteiger partial charge in [-0.2, -0.15) is 17.6 Å². The summed E-state index contributed by atoms with van der Waals surface area (Å²) < 4.78 is 136.